The highest BCUT2D eigenvalue weighted by Crippen LogP contribution is 2.35. The van der Waals surface area contributed by atoms with Gasteiger partial charge in [-0.05, 0) is 30.2 Å². The van der Waals surface area contributed by atoms with Crippen LogP contribution in [0, 0.1) is 12.8 Å². The van der Waals surface area contributed by atoms with Gasteiger partial charge in [0.15, 0.2) is 6.23 Å². The lowest BCUT2D eigenvalue weighted by Crippen LogP contribution is -2.37. The molecule has 8 heteroatoms. The summed E-state index contributed by atoms with van der Waals surface area (Å²) in [5.41, 5.74) is 1.77. The Bertz CT molecular complexity index is 1280. The Labute approximate surface area is 210 Å². The minimum Gasteiger partial charge on any atom is -0.494 e. The Kier molecular flexibility index (Phi) is 9.02. The van der Waals surface area contributed by atoms with Crippen molar-refractivity contribution in [3.05, 3.63) is 106 Å². The Morgan fingerprint density at radius 2 is 1.72 bits per heavy atom. The number of rotatable bonds is 7. The maximum atomic E-state index is 12.6. The maximum absolute atomic E-state index is 12.6. The largest absolute Gasteiger partial charge is 0.494 e. The number of nitrogens with one attached hydrogen (secondary N) is 1. The van der Waals surface area contributed by atoms with Crippen molar-refractivity contribution < 1.29 is 19.0 Å². The van der Waals surface area contributed by atoms with Crippen LogP contribution in [-0.2, 0) is 14.2 Å². The summed E-state index contributed by atoms with van der Waals surface area (Å²) in [5.74, 6) is -0.701. The predicted molar refractivity (Wildman–Crippen MR) is 138 cm³/mol. The summed E-state index contributed by atoms with van der Waals surface area (Å²) in [6, 6.07) is 17.0. The van der Waals surface area contributed by atoms with Gasteiger partial charge in [0.2, 0.25) is 0 Å². The molecule has 1 fully saturated rings. The number of H-pyrrole nitrogens is 1. The lowest BCUT2D eigenvalue weighted by molar-refractivity contribution is -0.0598. The number of aryl methyl sites for hydroxylation is 1. The minimum atomic E-state index is -0.815. The SMILES string of the molecule is C=CO[C@@H]1C(C)C(COC(=O)c2ccc(-c3ccccc3)cc2)OC1n1cc(C)c(=O)[nH]c1=O.CC. The third-order valence-electron chi connectivity index (χ3n) is 5.98. The van der Waals surface area contributed by atoms with Crippen molar-refractivity contribution in [2.45, 2.75) is 46.1 Å². The van der Waals surface area contributed by atoms with Crippen molar-refractivity contribution >= 4 is 5.97 Å². The monoisotopic (exact) mass is 492 g/mol. The van der Waals surface area contributed by atoms with Gasteiger partial charge in [-0.2, -0.15) is 0 Å². The molecule has 2 heterocycles. The molecular weight excluding hydrogens is 460 g/mol. The topological polar surface area (TPSA) is 99.6 Å². The van der Waals surface area contributed by atoms with Crippen LogP contribution in [0.3, 0.4) is 0 Å². The molecule has 8 nitrogen and oxygen atoms in total. The zero-order chi connectivity index (χ0) is 26.2. The van der Waals surface area contributed by atoms with E-state index >= 15 is 0 Å². The average Bonchev–Trinajstić information content (AvgIpc) is 3.21. The molecule has 1 aromatic heterocycles. The van der Waals surface area contributed by atoms with Crippen LogP contribution < -0.4 is 11.2 Å². The fourth-order valence-corrected chi connectivity index (χ4v) is 4.01. The molecule has 36 heavy (non-hydrogen) atoms. The maximum Gasteiger partial charge on any atom is 0.338 e. The molecule has 1 aliphatic heterocycles. The molecule has 3 aromatic rings. The van der Waals surface area contributed by atoms with Gasteiger partial charge in [-0.25, -0.2) is 9.59 Å². The van der Waals surface area contributed by atoms with Gasteiger partial charge in [-0.1, -0.05) is 69.8 Å². The zero-order valence-electron chi connectivity index (χ0n) is 21.0. The van der Waals surface area contributed by atoms with Crippen LogP contribution in [0.1, 0.15) is 42.9 Å². The highest BCUT2D eigenvalue weighted by Gasteiger charge is 2.45. The van der Waals surface area contributed by atoms with E-state index in [9.17, 15) is 14.4 Å². The summed E-state index contributed by atoms with van der Waals surface area (Å²) in [7, 11) is 0. The van der Waals surface area contributed by atoms with Crippen LogP contribution in [0.25, 0.3) is 11.1 Å². The van der Waals surface area contributed by atoms with Crippen molar-refractivity contribution in [2.24, 2.45) is 5.92 Å². The Hall–Kier alpha value is -3.91. The lowest BCUT2D eigenvalue weighted by Gasteiger charge is -2.22. The summed E-state index contributed by atoms with van der Waals surface area (Å²) in [4.78, 5) is 39.0. The van der Waals surface area contributed by atoms with E-state index in [0.29, 0.717) is 11.1 Å². The number of carbonyl (C=O) groups is 1. The molecule has 3 unspecified atom stereocenters. The number of hydrogen-bond acceptors (Lipinski definition) is 6. The van der Waals surface area contributed by atoms with E-state index in [1.165, 1.54) is 17.0 Å². The molecule has 0 aliphatic carbocycles. The number of nitrogens with zero attached hydrogens (tertiary/aromatic N) is 1. The summed E-state index contributed by atoms with van der Waals surface area (Å²) in [6.07, 6.45) is 0.811. The summed E-state index contributed by atoms with van der Waals surface area (Å²) in [5, 5.41) is 0. The van der Waals surface area contributed by atoms with Gasteiger partial charge in [0.25, 0.3) is 5.56 Å². The van der Waals surface area contributed by atoms with Crippen LogP contribution in [0.15, 0.2) is 83.2 Å². The van der Waals surface area contributed by atoms with Gasteiger partial charge in [0, 0.05) is 17.7 Å². The summed E-state index contributed by atoms with van der Waals surface area (Å²) >= 11 is 0. The van der Waals surface area contributed by atoms with Gasteiger partial charge in [-0.3, -0.25) is 14.3 Å². The van der Waals surface area contributed by atoms with Crippen molar-refractivity contribution in [3.63, 3.8) is 0 Å². The minimum absolute atomic E-state index is 0.0228. The molecule has 1 saturated heterocycles. The number of ether oxygens (including phenoxy) is 3. The molecule has 190 valence electrons. The first-order valence-electron chi connectivity index (χ1n) is 12.0. The Balaban J connectivity index is 0.00000176. The Morgan fingerprint density at radius 1 is 1.08 bits per heavy atom. The Morgan fingerprint density at radius 3 is 2.36 bits per heavy atom. The second-order valence-electron chi connectivity index (χ2n) is 8.21. The highest BCUT2D eigenvalue weighted by atomic mass is 16.6. The number of benzene rings is 2. The third-order valence-corrected chi connectivity index (χ3v) is 5.98. The van der Waals surface area contributed by atoms with E-state index in [1.807, 2.05) is 63.2 Å². The number of aromatic amines is 1. The standard InChI is InChI=1S/C26H26N2O6.C2H6/c1-4-32-22-17(3)21(34-24(22)28-14-16(2)23(29)27-26(28)31)15-33-25(30)20-12-10-19(11-13-20)18-8-6-5-7-9-18;1-2/h4-14,17,21-22,24H,1,15H2,2-3H3,(H,27,29,31);1-2H3/t17?,21?,22-,24?;/m1./s1. The van der Waals surface area contributed by atoms with Crippen molar-refractivity contribution in [2.75, 3.05) is 6.61 Å². The summed E-state index contributed by atoms with van der Waals surface area (Å²) in [6.45, 7) is 11.1. The van der Waals surface area contributed by atoms with Crippen LogP contribution >= 0.6 is 0 Å². The fourth-order valence-electron chi connectivity index (χ4n) is 4.01. The first kappa shape index (κ1) is 26.7. The molecule has 0 radical (unpaired) electrons. The molecule has 4 atom stereocenters. The normalized spacial score (nSPS) is 20.7. The molecule has 0 spiro atoms. The van der Waals surface area contributed by atoms with Crippen LogP contribution in [0.2, 0.25) is 0 Å². The first-order chi connectivity index (χ1) is 17.4. The van der Waals surface area contributed by atoms with E-state index < -0.39 is 35.7 Å². The molecule has 4 rings (SSSR count). The highest BCUT2D eigenvalue weighted by molar-refractivity contribution is 5.90. The molecular formula is C28H32N2O6. The molecule has 2 aromatic carbocycles. The number of aromatic nitrogens is 2. The van der Waals surface area contributed by atoms with Crippen molar-refractivity contribution in [3.8, 4) is 11.1 Å². The van der Waals surface area contributed by atoms with E-state index in [4.69, 9.17) is 14.2 Å². The van der Waals surface area contributed by atoms with Crippen molar-refractivity contribution in [1.82, 2.24) is 9.55 Å². The fraction of sp³-hybridized carbons (Fsp3) is 0.321. The van der Waals surface area contributed by atoms with Crippen LogP contribution in [0.5, 0.6) is 0 Å². The second kappa shape index (κ2) is 12.2. The second-order valence-corrected chi connectivity index (χ2v) is 8.21. The smallest absolute Gasteiger partial charge is 0.338 e. The molecule has 1 aliphatic rings. The predicted octanol–water partition coefficient (Wildman–Crippen LogP) is 4.46. The van der Waals surface area contributed by atoms with Crippen molar-refractivity contribution in [1.29, 1.82) is 0 Å². The van der Waals surface area contributed by atoms with Gasteiger partial charge in [0.1, 0.15) is 18.8 Å². The van der Waals surface area contributed by atoms with E-state index in [2.05, 4.69) is 11.6 Å². The summed E-state index contributed by atoms with van der Waals surface area (Å²) < 4.78 is 18.5. The molecule has 0 bridgehead atoms. The van der Waals surface area contributed by atoms with E-state index in [1.54, 1.807) is 19.1 Å². The van der Waals surface area contributed by atoms with E-state index in [-0.39, 0.29) is 12.5 Å². The van der Waals surface area contributed by atoms with Gasteiger partial charge in [-0.15, -0.1) is 0 Å². The first-order valence-corrected chi connectivity index (χ1v) is 12.0. The molecule has 0 saturated carbocycles. The third kappa shape index (κ3) is 5.83. The lowest BCUT2D eigenvalue weighted by atomic mass is 10.0. The van der Waals surface area contributed by atoms with Crippen LogP contribution in [-0.4, -0.2) is 34.3 Å². The van der Waals surface area contributed by atoms with E-state index in [0.717, 1.165) is 11.1 Å². The quantitative estimate of drug-likeness (QED) is 0.386. The number of hydrogen-bond donors (Lipinski definition) is 1. The number of esters is 1. The molecule has 1 N–H and O–H groups in total. The van der Waals surface area contributed by atoms with Gasteiger partial charge in [0.05, 0.1) is 11.8 Å². The van der Waals surface area contributed by atoms with Crippen LogP contribution in [0.4, 0.5) is 0 Å². The molecule has 0 amide bonds. The average molecular weight is 493 g/mol. The van der Waals surface area contributed by atoms with Gasteiger partial charge >= 0.3 is 11.7 Å². The number of carbonyl (C=O) groups excluding carboxylic acids is 1. The van der Waals surface area contributed by atoms with Gasteiger partial charge < -0.3 is 14.2 Å². The zero-order valence-corrected chi connectivity index (χ0v) is 21.0.